The Kier molecular flexibility index (Phi) is 17.8. The van der Waals surface area contributed by atoms with E-state index in [-0.39, 0.29) is 0 Å². The molecule has 0 amide bonds. The minimum atomic E-state index is 0.537. The average molecular weight is 1630 g/mol. The largest absolute Gasteiger partial charge is 0.309 e. The molecule has 0 unspecified atom stereocenters. The molecule has 0 spiro atoms. The van der Waals surface area contributed by atoms with Gasteiger partial charge in [0.2, 0.25) is 0 Å². The number of aromatic nitrogens is 8. The molecular formula is C118H72N10. The molecule has 10 heteroatoms. The van der Waals surface area contributed by atoms with Gasteiger partial charge >= 0.3 is 0 Å². The third-order valence-electron chi connectivity index (χ3n) is 25.2. The number of hydrogen-bond acceptors (Lipinski definition) is 6. The van der Waals surface area contributed by atoms with Crippen molar-refractivity contribution in [2.75, 3.05) is 0 Å². The van der Waals surface area contributed by atoms with Gasteiger partial charge in [-0.3, -0.25) is 0 Å². The SMILES string of the molecule is N#Cc1cc(-c2cccc(-c3cc(-c4ccccc4)nc(-c4ccc(-n5c6ccccc6c6cc(-c7ccccc7C#N)ccc65)c(-c5cccc(-n6c7ccccc7c7ccccc76)c5)c4)n3)c2)cc(-c2ccc3c(c2)c2ccccc2n3-c2ccc(-c3nc(-c4ccccc4)cc(-c4ccccc4)n3)cc2-c2cccc(-n3c4ccccc4c4ccccc43)c2)c1. The van der Waals surface area contributed by atoms with Crippen molar-refractivity contribution in [1.82, 2.24) is 38.2 Å². The van der Waals surface area contributed by atoms with Gasteiger partial charge in [0, 0.05) is 99.0 Å². The summed E-state index contributed by atoms with van der Waals surface area (Å²) in [4.78, 5) is 21.9. The molecule has 6 aromatic heterocycles. The van der Waals surface area contributed by atoms with E-state index in [1.807, 2.05) is 54.6 Å². The molecule has 24 rings (SSSR count). The van der Waals surface area contributed by atoms with Crippen LogP contribution in [0.4, 0.5) is 0 Å². The van der Waals surface area contributed by atoms with Crippen LogP contribution < -0.4 is 0 Å². The van der Waals surface area contributed by atoms with Crippen LogP contribution in [0.3, 0.4) is 0 Å². The summed E-state index contributed by atoms with van der Waals surface area (Å²) in [5.74, 6) is 1.17. The van der Waals surface area contributed by atoms with E-state index in [1.165, 1.54) is 21.5 Å². The zero-order chi connectivity index (χ0) is 84.9. The van der Waals surface area contributed by atoms with E-state index in [0.717, 1.165) is 200 Å². The molecule has 0 saturated heterocycles. The minimum absolute atomic E-state index is 0.537. The molecular weight excluding hydrogens is 1560 g/mol. The first-order chi connectivity index (χ1) is 63.3. The summed E-state index contributed by atoms with van der Waals surface area (Å²) in [7, 11) is 0. The van der Waals surface area contributed by atoms with Gasteiger partial charge in [-0.05, 0) is 208 Å². The van der Waals surface area contributed by atoms with Gasteiger partial charge in [0.05, 0.1) is 102 Å². The van der Waals surface area contributed by atoms with Crippen LogP contribution in [0.5, 0.6) is 0 Å². The standard InChI is InChI=1S/C118H72N10/c119-73-75-61-88(64-89(62-75)80-53-57-115-101(67-80)97-45-16-22-51-111(97)127(115)113-59-55-85(117-121-103(76-27-4-1-5-28-76)71-104(122-117)77-29-6-2-7-30-77)69-99(113)81-35-25-38-90(65-81)125-107-47-18-12-41-93(107)94-42-13-19-48-108(94)125)79-34-24-37-84(63-79)106-72-105(78-31-8-3-9-32-78)123-118(124-106)86-56-60-114(128-112-52-23-17-46-98(112)102-68-83(54-58-116(102)128)92-40-11-10-33-87(92)74-120)100(70-86)82-36-26-39-91(66-82)126-109-49-20-14-43-95(109)96-44-15-21-50-110(96)126/h1-72H. The van der Waals surface area contributed by atoms with Crippen LogP contribution in [0.1, 0.15) is 11.1 Å². The molecule has 594 valence electrons. The zero-order valence-electron chi connectivity index (χ0n) is 69.0. The van der Waals surface area contributed by atoms with Crippen molar-refractivity contribution >= 4 is 87.2 Å². The van der Waals surface area contributed by atoms with Gasteiger partial charge in [0.1, 0.15) is 0 Å². The normalized spacial score (nSPS) is 11.6. The molecule has 0 aliphatic carbocycles. The summed E-state index contributed by atoms with van der Waals surface area (Å²) in [6.07, 6.45) is 0. The fourth-order valence-corrected chi connectivity index (χ4v) is 19.3. The van der Waals surface area contributed by atoms with Gasteiger partial charge < -0.3 is 18.3 Å². The molecule has 24 aromatic rings. The lowest BCUT2D eigenvalue weighted by molar-refractivity contribution is 1.16. The van der Waals surface area contributed by atoms with Crippen molar-refractivity contribution < 1.29 is 0 Å². The number of nitrogens with zero attached hydrogens (tertiary/aromatic N) is 10. The highest BCUT2D eigenvalue weighted by Crippen LogP contribution is 2.46. The van der Waals surface area contributed by atoms with Crippen LogP contribution in [-0.2, 0) is 0 Å². The van der Waals surface area contributed by atoms with Crippen LogP contribution in [-0.4, -0.2) is 38.2 Å². The molecule has 0 bridgehead atoms. The summed E-state index contributed by atoms with van der Waals surface area (Å²) in [6, 6.07) is 159. The predicted octanol–water partition coefficient (Wildman–Crippen LogP) is 29.7. The van der Waals surface area contributed by atoms with E-state index >= 15 is 0 Å². The van der Waals surface area contributed by atoms with Crippen LogP contribution in [0.2, 0.25) is 0 Å². The van der Waals surface area contributed by atoms with E-state index in [1.54, 1.807) is 0 Å². The molecule has 0 fully saturated rings. The van der Waals surface area contributed by atoms with Crippen LogP contribution in [0, 0.1) is 22.7 Å². The Morgan fingerprint density at radius 3 is 0.930 bits per heavy atom. The van der Waals surface area contributed by atoms with E-state index in [4.69, 9.17) is 19.9 Å². The Hall–Kier alpha value is -17.7. The number of benzene rings is 18. The Labute approximate surface area is 737 Å². The lowest BCUT2D eigenvalue weighted by atomic mass is 9.94. The Balaban J connectivity index is 0.635. The molecule has 0 saturated carbocycles. The number of nitriles is 2. The molecule has 6 heterocycles. The maximum absolute atomic E-state index is 11.1. The highest BCUT2D eigenvalue weighted by molar-refractivity contribution is 6.14. The van der Waals surface area contributed by atoms with Gasteiger partial charge in [-0.1, -0.05) is 273 Å². The highest BCUT2D eigenvalue weighted by atomic mass is 15.0. The minimum Gasteiger partial charge on any atom is -0.309 e. The first kappa shape index (κ1) is 74.2. The third kappa shape index (κ3) is 12.7. The van der Waals surface area contributed by atoms with E-state index < -0.39 is 0 Å². The third-order valence-corrected chi connectivity index (χ3v) is 25.2. The Morgan fingerprint density at radius 2 is 0.492 bits per heavy atom. The van der Waals surface area contributed by atoms with Crippen molar-refractivity contribution in [3.63, 3.8) is 0 Å². The topological polar surface area (TPSA) is 119 Å². The fraction of sp³-hybridized carbons (Fsp3) is 0. The maximum atomic E-state index is 11.1. The summed E-state index contributed by atoms with van der Waals surface area (Å²) >= 11 is 0. The number of para-hydroxylation sites is 6. The first-order valence-corrected chi connectivity index (χ1v) is 43.0. The summed E-state index contributed by atoms with van der Waals surface area (Å²) in [6.45, 7) is 0. The average Bonchev–Trinajstić information content (AvgIpc) is 1.69. The lowest BCUT2D eigenvalue weighted by Crippen LogP contribution is -2.01. The Morgan fingerprint density at radius 1 is 0.180 bits per heavy atom. The maximum Gasteiger partial charge on any atom is 0.160 e. The summed E-state index contributed by atoms with van der Waals surface area (Å²) in [5, 5.41) is 30.5. The van der Waals surface area contributed by atoms with Gasteiger partial charge in [0.15, 0.2) is 11.6 Å². The quantitative estimate of drug-likeness (QED) is 0.101. The van der Waals surface area contributed by atoms with Crippen molar-refractivity contribution in [2.45, 2.75) is 0 Å². The molecule has 0 atom stereocenters. The Bertz CT molecular complexity index is 8570. The molecule has 0 N–H and O–H groups in total. The van der Waals surface area contributed by atoms with Crippen molar-refractivity contribution in [1.29, 1.82) is 10.5 Å². The van der Waals surface area contributed by atoms with Crippen LogP contribution in [0.25, 0.3) is 233 Å². The second-order valence-electron chi connectivity index (χ2n) is 32.6. The van der Waals surface area contributed by atoms with Gasteiger partial charge in [-0.15, -0.1) is 0 Å². The molecule has 0 aliphatic heterocycles. The second kappa shape index (κ2) is 30.7. The van der Waals surface area contributed by atoms with Crippen molar-refractivity contribution in [3.05, 3.63) is 448 Å². The molecule has 0 radical (unpaired) electrons. The van der Waals surface area contributed by atoms with Crippen molar-refractivity contribution in [3.8, 4) is 158 Å². The summed E-state index contributed by atoms with van der Waals surface area (Å²) < 4.78 is 9.54. The van der Waals surface area contributed by atoms with E-state index in [2.05, 4.69) is 413 Å². The number of rotatable bonds is 15. The summed E-state index contributed by atoms with van der Waals surface area (Å²) in [5.41, 5.74) is 32.1. The number of fused-ring (bicyclic) bond motifs is 12. The van der Waals surface area contributed by atoms with E-state index in [0.29, 0.717) is 22.8 Å². The predicted molar refractivity (Wildman–Crippen MR) is 524 cm³/mol. The molecule has 18 aromatic carbocycles. The molecule has 0 aliphatic rings. The first-order valence-electron chi connectivity index (χ1n) is 43.0. The highest BCUT2D eigenvalue weighted by Gasteiger charge is 2.26. The molecule has 128 heavy (non-hydrogen) atoms. The molecule has 10 nitrogen and oxygen atoms in total. The van der Waals surface area contributed by atoms with Crippen LogP contribution >= 0.6 is 0 Å². The van der Waals surface area contributed by atoms with Crippen molar-refractivity contribution in [2.24, 2.45) is 0 Å². The number of hydrogen-bond donors (Lipinski definition) is 0. The van der Waals surface area contributed by atoms with Gasteiger partial charge in [-0.25, -0.2) is 19.9 Å². The van der Waals surface area contributed by atoms with Gasteiger partial charge in [0.25, 0.3) is 0 Å². The zero-order valence-corrected chi connectivity index (χ0v) is 69.0. The monoisotopic (exact) mass is 1630 g/mol. The lowest BCUT2D eigenvalue weighted by Gasteiger charge is -2.18. The smallest absolute Gasteiger partial charge is 0.160 e. The second-order valence-corrected chi connectivity index (χ2v) is 32.6. The fourth-order valence-electron chi connectivity index (χ4n) is 19.3. The van der Waals surface area contributed by atoms with Gasteiger partial charge in [-0.2, -0.15) is 10.5 Å². The van der Waals surface area contributed by atoms with E-state index in [9.17, 15) is 10.5 Å². The van der Waals surface area contributed by atoms with Crippen LogP contribution in [0.15, 0.2) is 437 Å².